The van der Waals surface area contributed by atoms with Crippen LogP contribution in [0.2, 0.25) is 0 Å². The first-order valence-corrected chi connectivity index (χ1v) is 8.04. The third-order valence-electron chi connectivity index (χ3n) is 3.44. The summed E-state index contributed by atoms with van der Waals surface area (Å²) in [5, 5.41) is 28.7. The fourth-order valence-corrected chi connectivity index (χ4v) is 3.32. The first-order chi connectivity index (χ1) is 11.0. The van der Waals surface area contributed by atoms with Crippen molar-refractivity contribution in [3.63, 3.8) is 0 Å². The van der Waals surface area contributed by atoms with E-state index in [4.69, 9.17) is 21.4 Å². The molecular weight excluding hydrogens is 314 g/mol. The maximum Gasteiger partial charge on any atom is 0.314 e. The molecule has 23 heavy (non-hydrogen) atoms. The Morgan fingerprint density at radius 2 is 2.00 bits per heavy atom. The van der Waals surface area contributed by atoms with Crippen LogP contribution < -0.4 is 11.1 Å². The highest BCUT2D eigenvalue weighted by Crippen LogP contribution is 2.36. The van der Waals surface area contributed by atoms with Crippen LogP contribution in [-0.2, 0) is 10.3 Å². The van der Waals surface area contributed by atoms with Crippen molar-refractivity contribution in [2.24, 2.45) is 11.7 Å². The van der Waals surface area contributed by atoms with Crippen molar-refractivity contribution >= 4 is 23.7 Å². The molecule has 0 aromatic heterocycles. The van der Waals surface area contributed by atoms with E-state index in [0.29, 0.717) is 5.75 Å². The van der Waals surface area contributed by atoms with Crippen LogP contribution in [0, 0.1) is 11.3 Å². The van der Waals surface area contributed by atoms with Gasteiger partial charge in [0, 0.05) is 10.6 Å². The number of nitrogens with two attached hydrogens (primary N) is 1. The summed E-state index contributed by atoms with van der Waals surface area (Å²) in [5.74, 6) is -1.31. The number of guanidine groups is 1. The lowest BCUT2D eigenvalue weighted by molar-refractivity contribution is -0.138. The number of carboxylic acids is 1. The summed E-state index contributed by atoms with van der Waals surface area (Å²) < 4.78 is 0. The highest BCUT2D eigenvalue weighted by Gasteiger charge is 2.33. The maximum atomic E-state index is 11.1. The normalized spacial score (nSPS) is 22.7. The molecule has 122 valence electrons. The molecule has 6 N–H and O–H groups in total. The molecule has 0 amide bonds. The molecule has 0 aliphatic heterocycles. The van der Waals surface area contributed by atoms with E-state index in [1.54, 1.807) is 24.3 Å². The second-order valence-electron chi connectivity index (χ2n) is 5.06. The van der Waals surface area contributed by atoms with Gasteiger partial charge in [0.1, 0.15) is 5.54 Å². The number of nitrogens with one attached hydrogen (secondary N) is 2. The lowest BCUT2D eigenvalue weighted by atomic mass is 9.83. The van der Waals surface area contributed by atoms with Gasteiger partial charge in [-0.3, -0.25) is 10.2 Å². The van der Waals surface area contributed by atoms with Crippen LogP contribution in [0.5, 0.6) is 0 Å². The average Bonchev–Trinajstić information content (AvgIpc) is 2.53. The standard InChI is InChI=1S/C16H19N3O3S/c17-15(18)19-16(7-5-11(6-8-16)14(21)22)12-3-1-2-4-13(12)23-10-9-20/h1-8,11,20H,9-10H2,(H,21,22)(H4,17,18,19). The smallest absolute Gasteiger partial charge is 0.314 e. The van der Waals surface area contributed by atoms with Gasteiger partial charge in [-0.05, 0) is 11.6 Å². The Balaban J connectivity index is 2.45. The van der Waals surface area contributed by atoms with Gasteiger partial charge in [0.2, 0.25) is 0 Å². The number of hydrogen-bond donors (Lipinski definition) is 5. The Morgan fingerprint density at radius 3 is 2.57 bits per heavy atom. The molecular formula is C16H19N3O3S. The van der Waals surface area contributed by atoms with Crippen molar-refractivity contribution in [1.82, 2.24) is 5.32 Å². The predicted octanol–water partition coefficient (Wildman–Crippen LogP) is 1.28. The Kier molecular flexibility index (Phi) is 5.46. The molecule has 0 bridgehead atoms. The molecule has 7 heteroatoms. The Labute approximate surface area is 138 Å². The van der Waals surface area contributed by atoms with Gasteiger partial charge in [0.25, 0.3) is 0 Å². The van der Waals surface area contributed by atoms with Crippen LogP contribution in [0.1, 0.15) is 5.56 Å². The minimum Gasteiger partial charge on any atom is -0.481 e. The number of carboxylic acid groups (broad SMARTS) is 1. The summed E-state index contributed by atoms with van der Waals surface area (Å²) in [6.07, 6.45) is 6.58. The van der Waals surface area contributed by atoms with E-state index in [1.807, 2.05) is 24.3 Å². The zero-order valence-corrected chi connectivity index (χ0v) is 13.2. The molecule has 2 rings (SSSR count). The zero-order chi connectivity index (χ0) is 16.9. The summed E-state index contributed by atoms with van der Waals surface area (Å²) in [5.41, 5.74) is 5.51. The highest BCUT2D eigenvalue weighted by molar-refractivity contribution is 7.99. The number of thioether (sulfide) groups is 1. The van der Waals surface area contributed by atoms with E-state index >= 15 is 0 Å². The lowest BCUT2D eigenvalue weighted by Gasteiger charge is -2.33. The Hall–Kier alpha value is -2.25. The lowest BCUT2D eigenvalue weighted by Crippen LogP contribution is -2.47. The van der Waals surface area contributed by atoms with E-state index < -0.39 is 17.4 Å². The molecule has 0 heterocycles. The molecule has 0 atom stereocenters. The molecule has 1 aromatic rings. The first kappa shape index (κ1) is 17.1. The number of aliphatic hydroxyl groups excluding tert-OH is 1. The SMILES string of the molecule is N=C(N)NC1(c2ccccc2SCCO)C=CC(C(=O)O)C=C1. The number of aliphatic carboxylic acids is 1. The van der Waals surface area contributed by atoms with Gasteiger partial charge < -0.3 is 21.3 Å². The van der Waals surface area contributed by atoms with Gasteiger partial charge >= 0.3 is 5.97 Å². The molecule has 0 spiro atoms. The Bertz CT molecular complexity index is 644. The third-order valence-corrected chi connectivity index (χ3v) is 4.49. The molecule has 0 radical (unpaired) electrons. The van der Waals surface area contributed by atoms with Crippen molar-refractivity contribution in [2.75, 3.05) is 12.4 Å². The topological polar surface area (TPSA) is 119 Å². The zero-order valence-electron chi connectivity index (χ0n) is 12.4. The molecule has 1 aliphatic rings. The highest BCUT2D eigenvalue weighted by atomic mass is 32.2. The van der Waals surface area contributed by atoms with Crippen molar-refractivity contribution in [1.29, 1.82) is 5.41 Å². The van der Waals surface area contributed by atoms with Gasteiger partial charge in [-0.1, -0.05) is 42.5 Å². The molecule has 0 unspecified atom stereocenters. The van der Waals surface area contributed by atoms with Gasteiger partial charge in [0.05, 0.1) is 12.5 Å². The minimum atomic E-state index is -0.933. The number of carbonyl (C=O) groups is 1. The van der Waals surface area contributed by atoms with Gasteiger partial charge in [-0.15, -0.1) is 11.8 Å². The Morgan fingerprint density at radius 1 is 1.35 bits per heavy atom. The van der Waals surface area contributed by atoms with E-state index in [1.165, 1.54) is 11.8 Å². The van der Waals surface area contributed by atoms with Crippen molar-refractivity contribution in [3.8, 4) is 0 Å². The van der Waals surface area contributed by atoms with Crippen molar-refractivity contribution < 1.29 is 15.0 Å². The van der Waals surface area contributed by atoms with Crippen LogP contribution in [0.3, 0.4) is 0 Å². The van der Waals surface area contributed by atoms with Crippen molar-refractivity contribution in [2.45, 2.75) is 10.4 Å². The summed E-state index contributed by atoms with van der Waals surface area (Å²) in [6.45, 7) is 0.0545. The van der Waals surface area contributed by atoms with E-state index in [-0.39, 0.29) is 12.6 Å². The summed E-state index contributed by atoms with van der Waals surface area (Å²) in [6, 6.07) is 7.57. The molecule has 0 saturated heterocycles. The molecule has 1 aromatic carbocycles. The maximum absolute atomic E-state index is 11.1. The number of benzene rings is 1. The van der Waals surface area contributed by atoms with Gasteiger partial charge in [-0.2, -0.15) is 0 Å². The summed E-state index contributed by atoms with van der Waals surface area (Å²) in [4.78, 5) is 12.0. The van der Waals surface area contributed by atoms with E-state index in [9.17, 15) is 4.79 Å². The summed E-state index contributed by atoms with van der Waals surface area (Å²) >= 11 is 1.49. The molecule has 0 saturated carbocycles. The largest absolute Gasteiger partial charge is 0.481 e. The van der Waals surface area contributed by atoms with Crippen LogP contribution in [0.15, 0.2) is 53.5 Å². The average molecular weight is 333 g/mol. The monoisotopic (exact) mass is 333 g/mol. The minimum absolute atomic E-state index is 0.0545. The van der Waals surface area contributed by atoms with Crippen LogP contribution in [-0.4, -0.2) is 34.5 Å². The fourth-order valence-electron chi connectivity index (χ4n) is 2.44. The number of aliphatic hydroxyl groups is 1. The number of rotatable bonds is 6. The van der Waals surface area contributed by atoms with Gasteiger partial charge in [-0.25, -0.2) is 0 Å². The van der Waals surface area contributed by atoms with E-state index in [0.717, 1.165) is 10.5 Å². The third kappa shape index (κ3) is 3.94. The predicted molar refractivity (Wildman–Crippen MR) is 90.4 cm³/mol. The van der Waals surface area contributed by atoms with Crippen molar-refractivity contribution in [3.05, 3.63) is 54.1 Å². The quantitative estimate of drug-likeness (QED) is 0.231. The van der Waals surface area contributed by atoms with Crippen LogP contribution in [0.25, 0.3) is 0 Å². The first-order valence-electron chi connectivity index (χ1n) is 7.05. The van der Waals surface area contributed by atoms with Crippen LogP contribution >= 0.6 is 11.8 Å². The fraction of sp³-hybridized carbons (Fsp3) is 0.250. The second-order valence-corrected chi connectivity index (χ2v) is 6.19. The second kappa shape index (κ2) is 7.34. The molecule has 0 fully saturated rings. The molecule has 1 aliphatic carbocycles. The summed E-state index contributed by atoms with van der Waals surface area (Å²) in [7, 11) is 0. The van der Waals surface area contributed by atoms with E-state index in [2.05, 4.69) is 5.32 Å². The molecule has 6 nitrogen and oxygen atoms in total. The van der Waals surface area contributed by atoms with Gasteiger partial charge in [0.15, 0.2) is 5.96 Å². The van der Waals surface area contributed by atoms with Crippen LogP contribution in [0.4, 0.5) is 0 Å². The number of hydrogen-bond acceptors (Lipinski definition) is 4.